The number of nitrogen functional groups attached to an aromatic ring is 1. The van der Waals surface area contributed by atoms with Gasteiger partial charge in [0.15, 0.2) is 11.5 Å². The number of anilines is 1. The minimum Gasteiger partial charge on any atom is -0.486 e. The molecule has 0 spiro atoms. The van der Waals surface area contributed by atoms with E-state index in [0.29, 0.717) is 25.1 Å². The summed E-state index contributed by atoms with van der Waals surface area (Å²) >= 11 is 0. The van der Waals surface area contributed by atoms with Crippen molar-refractivity contribution in [2.75, 3.05) is 18.9 Å². The van der Waals surface area contributed by atoms with Crippen LogP contribution in [0.3, 0.4) is 0 Å². The second-order valence-electron chi connectivity index (χ2n) is 5.29. The Morgan fingerprint density at radius 2 is 1.95 bits per heavy atom. The van der Waals surface area contributed by atoms with E-state index in [0.717, 1.165) is 35.5 Å². The smallest absolute Gasteiger partial charge is 0.201 e. The van der Waals surface area contributed by atoms with E-state index in [1.54, 1.807) is 0 Å². The van der Waals surface area contributed by atoms with Gasteiger partial charge < -0.3 is 19.8 Å². The standard InChI is InChI=1S/C14H19N3O2/c1-9(2)3-4-17-11-8-13-12(18-5-6-19-13)7-10(11)16-14(17)15/h7-9H,3-6H2,1-2H3,(H2,15,16). The van der Waals surface area contributed by atoms with Crippen LogP contribution in [0.25, 0.3) is 11.0 Å². The highest BCUT2D eigenvalue weighted by Gasteiger charge is 2.17. The number of aromatic nitrogens is 2. The highest BCUT2D eigenvalue weighted by Crippen LogP contribution is 2.35. The molecule has 2 heterocycles. The van der Waals surface area contributed by atoms with Gasteiger partial charge in [-0.1, -0.05) is 13.8 Å². The Bertz CT molecular complexity index is 604. The van der Waals surface area contributed by atoms with Gasteiger partial charge in [-0.25, -0.2) is 4.98 Å². The lowest BCUT2D eigenvalue weighted by atomic mass is 10.1. The van der Waals surface area contributed by atoms with E-state index in [1.165, 1.54) is 0 Å². The van der Waals surface area contributed by atoms with Crippen LogP contribution in [0.2, 0.25) is 0 Å². The summed E-state index contributed by atoms with van der Waals surface area (Å²) in [6.45, 7) is 6.46. The van der Waals surface area contributed by atoms with Crippen LogP contribution in [-0.4, -0.2) is 22.8 Å². The van der Waals surface area contributed by atoms with Crippen molar-refractivity contribution in [2.24, 2.45) is 5.92 Å². The van der Waals surface area contributed by atoms with Gasteiger partial charge in [0, 0.05) is 18.7 Å². The van der Waals surface area contributed by atoms with Crippen molar-refractivity contribution in [3.8, 4) is 11.5 Å². The van der Waals surface area contributed by atoms with Gasteiger partial charge >= 0.3 is 0 Å². The van der Waals surface area contributed by atoms with E-state index >= 15 is 0 Å². The molecule has 1 aromatic heterocycles. The van der Waals surface area contributed by atoms with E-state index in [1.807, 2.05) is 16.7 Å². The topological polar surface area (TPSA) is 62.3 Å². The van der Waals surface area contributed by atoms with Gasteiger partial charge in [0.25, 0.3) is 0 Å². The number of fused-ring (bicyclic) bond motifs is 2. The van der Waals surface area contributed by atoms with Gasteiger partial charge in [0.05, 0.1) is 11.0 Å². The van der Waals surface area contributed by atoms with Crippen molar-refractivity contribution in [2.45, 2.75) is 26.8 Å². The molecule has 0 saturated heterocycles. The van der Waals surface area contributed by atoms with E-state index in [4.69, 9.17) is 15.2 Å². The third-order valence-electron chi connectivity index (χ3n) is 3.37. The first kappa shape index (κ1) is 12.1. The number of ether oxygens (including phenoxy) is 2. The Kier molecular flexibility index (Phi) is 2.97. The first-order valence-corrected chi connectivity index (χ1v) is 6.70. The van der Waals surface area contributed by atoms with E-state index in [2.05, 4.69) is 18.8 Å². The average molecular weight is 261 g/mol. The van der Waals surface area contributed by atoms with E-state index in [-0.39, 0.29) is 0 Å². The van der Waals surface area contributed by atoms with Crippen molar-refractivity contribution in [3.63, 3.8) is 0 Å². The molecule has 2 N–H and O–H groups in total. The minimum atomic E-state index is 0.554. The molecule has 2 aromatic rings. The summed E-state index contributed by atoms with van der Waals surface area (Å²) in [6, 6.07) is 3.89. The molecule has 1 aromatic carbocycles. The predicted molar refractivity (Wildman–Crippen MR) is 74.6 cm³/mol. The molecule has 1 aliphatic heterocycles. The Hall–Kier alpha value is -1.91. The fraction of sp³-hybridized carbons (Fsp3) is 0.500. The molecule has 0 atom stereocenters. The largest absolute Gasteiger partial charge is 0.486 e. The SMILES string of the molecule is CC(C)CCn1c(N)nc2cc3c(cc21)OCCO3. The Morgan fingerprint density at radius 1 is 1.26 bits per heavy atom. The van der Waals surface area contributed by atoms with Crippen LogP contribution in [0.1, 0.15) is 20.3 Å². The lowest BCUT2D eigenvalue weighted by Gasteiger charge is -2.18. The maximum Gasteiger partial charge on any atom is 0.201 e. The highest BCUT2D eigenvalue weighted by atomic mass is 16.6. The summed E-state index contributed by atoms with van der Waals surface area (Å²) in [4.78, 5) is 4.40. The maximum absolute atomic E-state index is 6.01. The van der Waals surface area contributed by atoms with Crippen molar-refractivity contribution >= 4 is 17.0 Å². The number of aryl methyl sites for hydroxylation is 1. The van der Waals surface area contributed by atoms with Crippen LogP contribution in [0, 0.1) is 5.92 Å². The normalized spacial score (nSPS) is 14.3. The second-order valence-corrected chi connectivity index (χ2v) is 5.29. The van der Waals surface area contributed by atoms with Gasteiger partial charge in [0.2, 0.25) is 5.95 Å². The highest BCUT2D eigenvalue weighted by molar-refractivity contribution is 5.82. The third kappa shape index (κ3) is 2.20. The van der Waals surface area contributed by atoms with Gasteiger partial charge in [-0.2, -0.15) is 0 Å². The molecule has 0 unspecified atom stereocenters. The van der Waals surface area contributed by atoms with Gasteiger partial charge in [-0.3, -0.25) is 0 Å². The van der Waals surface area contributed by atoms with Crippen LogP contribution in [0.4, 0.5) is 5.95 Å². The molecular weight excluding hydrogens is 242 g/mol. The van der Waals surface area contributed by atoms with Gasteiger partial charge in [0.1, 0.15) is 13.2 Å². The molecule has 1 aliphatic rings. The fourth-order valence-electron chi connectivity index (χ4n) is 2.30. The fourth-order valence-corrected chi connectivity index (χ4v) is 2.30. The predicted octanol–water partition coefficient (Wildman–Crippen LogP) is 2.44. The molecule has 0 aliphatic carbocycles. The monoisotopic (exact) mass is 261 g/mol. The zero-order chi connectivity index (χ0) is 13.4. The molecule has 19 heavy (non-hydrogen) atoms. The lowest BCUT2D eigenvalue weighted by molar-refractivity contribution is 0.172. The molecule has 3 rings (SSSR count). The van der Waals surface area contributed by atoms with Crippen LogP contribution in [-0.2, 0) is 6.54 Å². The summed E-state index contributed by atoms with van der Waals surface area (Å²) in [5.41, 5.74) is 7.89. The zero-order valence-electron chi connectivity index (χ0n) is 11.3. The van der Waals surface area contributed by atoms with Crippen molar-refractivity contribution in [1.82, 2.24) is 9.55 Å². The molecule has 0 amide bonds. The maximum atomic E-state index is 6.01. The number of hydrogen-bond donors (Lipinski definition) is 1. The molecule has 5 heteroatoms. The minimum absolute atomic E-state index is 0.554. The van der Waals surface area contributed by atoms with Crippen LogP contribution < -0.4 is 15.2 Å². The molecule has 0 fully saturated rings. The number of rotatable bonds is 3. The Morgan fingerprint density at radius 3 is 2.63 bits per heavy atom. The van der Waals surface area contributed by atoms with Crippen LogP contribution >= 0.6 is 0 Å². The molecular formula is C14H19N3O2. The molecule has 5 nitrogen and oxygen atoms in total. The molecule has 0 bridgehead atoms. The zero-order valence-corrected chi connectivity index (χ0v) is 11.3. The first-order chi connectivity index (χ1) is 9.15. The van der Waals surface area contributed by atoms with Crippen molar-refractivity contribution in [3.05, 3.63) is 12.1 Å². The number of nitrogens with two attached hydrogens (primary N) is 1. The number of benzene rings is 1. The molecule has 0 radical (unpaired) electrons. The summed E-state index contributed by atoms with van der Waals surface area (Å²) < 4.78 is 13.2. The summed E-state index contributed by atoms with van der Waals surface area (Å²) in [5.74, 6) is 2.73. The van der Waals surface area contributed by atoms with E-state index < -0.39 is 0 Å². The van der Waals surface area contributed by atoms with Crippen LogP contribution in [0.15, 0.2) is 12.1 Å². The Balaban J connectivity index is 2.04. The van der Waals surface area contributed by atoms with Gasteiger partial charge in [-0.05, 0) is 12.3 Å². The summed E-state index contributed by atoms with van der Waals surface area (Å²) in [7, 11) is 0. The second kappa shape index (κ2) is 4.64. The average Bonchev–Trinajstić information content (AvgIpc) is 2.68. The number of hydrogen-bond acceptors (Lipinski definition) is 4. The molecule has 0 saturated carbocycles. The van der Waals surface area contributed by atoms with E-state index in [9.17, 15) is 0 Å². The first-order valence-electron chi connectivity index (χ1n) is 6.70. The van der Waals surface area contributed by atoms with Crippen molar-refractivity contribution in [1.29, 1.82) is 0 Å². The van der Waals surface area contributed by atoms with Gasteiger partial charge in [-0.15, -0.1) is 0 Å². The number of nitrogens with zero attached hydrogens (tertiary/aromatic N) is 2. The van der Waals surface area contributed by atoms with Crippen LogP contribution in [0.5, 0.6) is 11.5 Å². The summed E-state index contributed by atoms with van der Waals surface area (Å²) in [5, 5.41) is 0. The third-order valence-corrected chi connectivity index (χ3v) is 3.37. The number of imidazole rings is 1. The summed E-state index contributed by atoms with van der Waals surface area (Å²) in [6.07, 6.45) is 1.07. The van der Waals surface area contributed by atoms with Crippen molar-refractivity contribution < 1.29 is 9.47 Å². The quantitative estimate of drug-likeness (QED) is 0.921. The molecule has 102 valence electrons. The lowest BCUT2D eigenvalue weighted by Crippen LogP contribution is -2.15. The Labute approximate surface area is 112 Å².